The Kier molecular flexibility index (Phi) is 3.09. The van der Waals surface area contributed by atoms with Crippen LogP contribution in [0.3, 0.4) is 0 Å². The van der Waals surface area contributed by atoms with E-state index in [0.29, 0.717) is 0 Å². The molecule has 96 valence electrons. The number of hydrogen-bond acceptors (Lipinski definition) is 4. The summed E-state index contributed by atoms with van der Waals surface area (Å²) in [5, 5.41) is 1.11. The van der Waals surface area contributed by atoms with E-state index in [0.717, 1.165) is 36.4 Å². The topological polar surface area (TPSA) is 48.1 Å². The highest BCUT2D eigenvalue weighted by molar-refractivity contribution is 7.18. The molecule has 0 amide bonds. The zero-order valence-corrected chi connectivity index (χ0v) is 11.4. The maximum Gasteiger partial charge on any atom is 0.0955 e. The fourth-order valence-electron chi connectivity index (χ4n) is 2.50. The van der Waals surface area contributed by atoms with Crippen molar-refractivity contribution in [3.05, 3.63) is 29.3 Å². The molecule has 18 heavy (non-hydrogen) atoms. The summed E-state index contributed by atoms with van der Waals surface area (Å²) in [6, 6.07) is 8.25. The van der Waals surface area contributed by atoms with Crippen molar-refractivity contribution < 1.29 is 4.74 Å². The number of nitrogens with two attached hydrogens (primary N) is 1. The quantitative estimate of drug-likeness (QED) is 0.925. The third kappa shape index (κ3) is 2.16. The molecule has 4 heteroatoms. The van der Waals surface area contributed by atoms with Gasteiger partial charge >= 0.3 is 0 Å². The van der Waals surface area contributed by atoms with Crippen molar-refractivity contribution in [2.24, 2.45) is 5.73 Å². The largest absolute Gasteiger partial charge is 0.374 e. The molecule has 2 heterocycles. The molecule has 3 rings (SSSR count). The Labute approximate surface area is 111 Å². The van der Waals surface area contributed by atoms with Crippen LogP contribution in [0, 0.1) is 0 Å². The monoisotopic (exact) mass is 262 g/mol. The minimum Gasteiger partial charge on any atom is -0.374 e. The van der Waals surface area contributed by atoms with E-state index in [1.54, 1.807) is 11.3 Å². The van der Waals surface area contributed by atoms with E-state index in [1.165, 1.54) is 4.70 Å². The molecule has 1 aliphatic heterocycles. The zero-order chi connectivity index (χ0) is 12.6. The van der Waals surface area contributed by atoms with Crippen LogP contribution < -0.4 is 5.73 Å². The molecule has 0 spiro atoms. The lowest BCUT2D eigenvalue weighted by molar-refractivity contribution is -0.000904. The molecule has 2 N–H and O–H groups in total. The lowest BCUT2D eigenvalue weighted by atomic mass is 9.92. The van der Waals surface area contributed by atoms with Crippen LogP contribution in [0.2, 0.25) is 0 Å². The molecule has 0 saturated carbocycles. The van der Waals surface area contributed by atoms with E-state index in [1.807, 2.05) is 12.1 Å². The third-order valence-electron chi connectivity index (χ3n) is 3.77. The fourth-order valence-corrected chi connectivity index (χ4v) is 3.53. The summed E-state index contributed by atoms with van der Waals surface area (Å²) in [7, 11) is 0. The van der Waals surface area contributed by atoms with E-state index >= 15 is 0 Å². The van der Waals surface area contributed by atoms with Gasteiger partial charge in [0.25, 0.3) is 0 Å². The summed E-state index contributed by atoms with van der Waals surface area (Å²) in [5.41, 5.74) is 7.21. The van der Waals surface area contributed by atoms with Crippen molar-refractivity contribution in [3.8, 4) is 0 Å². The zero-order valence-electron chi connectivity index (χ0n) is 10.6. The summed E-state index contributed by atoms with van der Waals surface area (Å²) < 4.78 is 7.03. The van der Waals surface area contributed by atoms with Gasteiger partial charge in [-0.05, 0) is 31.9 Å². The number of benzene rings is 1. The van der Waals surface area contributed by atoms with Crippen LogP contribution >= 0.6 is 11.3 Å². The molecule has 1 fully saturated rings. The van der Waals surface area contributed by atoms with Gasteiger partial charge in [0.15, 0.2) is 0 Å². The van der Waals surface area contributed by atoms with Crippen molar-refractivity contribution in [2.45, 2.75) is 37.8 Å². The normalized spacial score (nSPS) is 25.7. The van der Waals surface area contributed by atoms with Crippen LogP contribution in [0.15, 0.2) is 24.3 Å². The summed E-state index contributed by atoms with van der Waals surface area (Å²) >= 11 is 1.74. The van der Waals surface area contributed by atoms with Crippen molar-refractivity contribution in [1.82, 2.24) is 4.98 Å². The number of fused-ring (bicyclic) bond motifs is 1. The molecule has 2 aromatic rings. The maximum absolute atomic E-state index is 6.31. The summed E-state index contributed by atoms with van der Waals surface area (Å²) in [6.45, 7) is 2.96. The highest BCUT2D eigenvalue weighted by Crippen LogP contribution is 2.30. The first-order valence-electron chi connectivity index (χ1n) is 6.41. The van der Waals surface area contributed by atoms with Crippen LogP contribution in [0.4, 0.5) is 0 Å². The number of para-hydroxylation sites is 1. The Balaban J connectivity index is 1.79. The van der Waals surface area contributed by atoms with Crippen molar-refractivity contribution in [2.75, 3.05) is 6.61 Å². The average molecular weight is 262 g/mol. The van der Waals surface area contributed by atoms with Crippen LogP contribution in [-0.4, -0.2) is 23.2 Å². The molecule has 1 aromatic heterocycles. The molecule has 0 radical (unpaired) electrons. The van der Waals surface area contributed by atoms with E-state index in [2.05, 4.69) is 24.0 Å². The highest BCUT2D eigenvalue weighted by atomic mass is 32.1. The average Bonchev–Trinajstić information content (AvgIpc) is 2.95. The number of nitrogens with zero attached hydrogens (tertiary/aromatic N) is 1. The number of thiazole rings is 1. The Morgan fingerprint density at radius 1 is 1.50 bits per heavy atom. The van der Waals surface area contributed by atoms with Gasteiger partial charge in [0.2, 0.25) is 0 Å². The third-order valence-corrected chi connectivity index (χ3v) is 4.83. The van der Waals surface area contributed by atoms with Crippen LogP contribution in [0.5, 0.6) is 0 Å². The van der Waals surface area contributed by atoms with Crippen molar-refractivity contribution in [1.29, 1.82) is 0 Å². The van der Waals surface area contributed by atoms with Gasteiger partial charge in [-0.2, -0.15) is 0 Å². The first kappa shape index (κ1) is 12.1. The summed E-state index contributed by atoms with van der Waals surface area (Å²) in [5.74, 6) is 0. The number of rotatable bonds is 3. The van der Waals surface area contributed by atoms with Crippen LogP contribution in [0.1, 0.15) is 24.8 Å². The number of aromatic nitrogens is 1. The van der Waals surface area contributed by atoms with E-state index < -0.39 is 0 Å². The standard InChI is InChI=1S/C14H18N2OS/c1-14(7-4-8-17-14)12(15)9-13-16-10-5-2-3-6-11(10)18-13/h2-3,5-6,12H,4,7-9,15H2,1H3. The molecule has 3 nitrogen and oxygen atoms in total. The first-order chi connectivity index (χ1) is 8.67. The molecule has 2 unspecified atom stereocenters. The van der Waals surface area contributed by atoms with E-state index in [4.69, 9.17) is 10.5 Å². The molecule has 1 saturated heterocycles. The molecule has 2 atom stereocenters. The molecular weight excluding hydrogens is 244 g/mol. The van der Waals surface area contributed by atoms with Gasteiger partial charge < -0.3 is 10.5 Å². The van der Waals surface area contributed by atoms with Gasteiger partial charge in [-0.15, -0.1) is 11.3 Å². The van der Waals surface area contributed by atoms with Gasteiger partial charge in [0, 0.05) is 19.1 Å². The minimum absolute atomic E-state index is 0.0283. The summed E-state index contributed by atoms with van der Waals surface area (Å²) in [6.07, 6.45) is 2.97. The molecule has 1 aromatic carbocycles. The Morgan fingerprint density at radius 2 is 2.33 bits per heavy atom. The predicted molar refractivity (Wildman–Crippen MR) is 74.9 cm³/mol. The lowest BCUT2D eigenvalue weighted by Crippen LogP contribution is -2.46. The lowest BCUT2D eigenvalue weighted by Gasteiger charge is -2.29. The van der Waals surface area contributed by atoms with Crippen molar-refractivity contribution >= 4 is 21.6 Å². The van der Waals surface area contributed by atoms with Gasteiger partial charge in [-0.25, -0.2) is 4.98 Å². The Bertz CT molecular complexity index is 512. The number of ether oxygens (including phenoxy) is 1. The summed E-state index contributed by atoms with van der Waals surface area (Å²) in [4.78, 5) is 4.64. The molecule has 1 aliphatic rings. The Morgan fingerprint density at radius 3 is 3.06 bits per heavy atom. The SMILES string of the molecule is CC1(C(N)Cc2nc3ccccc3s2)CCCO1. The van der Waals surface area contributed by atoms with Gasteiger partial charge in [-0.3, -0.25) is 0 Å². The molecular formula is C14H18N2OS. The smallest absolute Gasteiger partial charge is 0.0955 e. The second kappa shape index (κ2) is 4.61. The highest BCUT2D eigenvalue weighted by Gasteiger charge is 2.36. The second-order valence-electron chi connectivity index (χ2n) is 5.15. The Hall–Kier alpha value is -0.970. The molecule has 0 bridgehead atoms. The van der Waals surface area contributed by atoms with Gasteiger partial charge in [0.1, 0.15) is 0 Å². The van der Waals surface area contributed by atoms with Crippen molar-refractivity contribution in [3.63, 3.8) is 0 Å². The van der Waals surface area contributed by atoms with Gasteiger partial charge in [-0.1, -0.05) is 12.1 Å². The maximum atomic E-state index is 6.31. The van der Waals surface area contributed by atoms with Crippen LogP contribution in [0.25, 0.3) is 10.2 Å². The fraction of sp³-hybridized carbons (Fsp3) is 0.500. The minimum atomic E-state index is -0.169. The van der Waals surface area contributed by atoms with E-state index in [-0.39, 0.29) is 11.6 Å². The van der Waals surface area contributed by atoms with Crippen LogP contribution in [-0.2, 0) is 11.2 Å². The van der Waals surface area contributed by atoms with E-state index in [9.17, 15) is 0 Å². The van der Waals surface area contributed by atoms with Gasteiger partial charge in [0.05, 0.1) is 20.8 Å². The second-order valence-corrected chi connectivity index (χ2v) is 6.27. The first-order valence-corrected chi connectivity index (χ1v) is 7.23. The predicted octanol–water partition coefficient (Wildman–Crippen LogP) is 2.74. The molecule has 0 aliphatic carbocycles. The number of hydrogen-bond donors (Lipinski definition) is 1.